The zero-order valence-corrected chi connectivity index (χ0v) is 13.7. The molecule has 1 aliphatic rings. The van der Waals surface area contributed by atoms with Gasteiger partial charge in [-0.15, -0.1) is 11.8 Å². The SMILES string of the molecule is O=C1CC(Sc2ccc(F)cc2)C(=O)N1c1ccc(Br)cc1. The van der Waals surface area contributed by atoms with Gasteiger partial charge in [0.05, 0.1) is 10.9 Å². The molecule has 1 atom stereocenters. The van der Waals surface area contributed by atoms with Gasteiger partial charge >= 0.3 is 0 Å². The van der Waals surface area contributed by atoms with E-state index in [1.54, 1.807) is 36.4 Å². The van der Waals surface area contributed by atoms with Crippen LogP contribution in [0.2, 0.25) is 0 Å². The summed E-state index contributed by atoms with van der Waals surface area (Å²) in [7, 11) is 0. The van der Waals surface area contributed by atoms with Crippen molar-refractivity contribution >= 4 is 45.2 Å². The van der Waals surface area contributed by atoms with Crippen molar-refractivity contribution in [2.24, 2.45) is 0 Å². The Hall–Kier alpha value is -1.66. The summed E-state index contributed by atoms with van der Waals surface area (Å²) in [6, 6.07) is 12.9. The lowest BCUT2D eigenvalue weighted by Crippen LogP contribution is -2.31. The third-order valence-electron chi connectivity index (χ3n) is 3.28. The van der Waals surface area contributed by atoms with Crippen LogP contribution in [0, 0.1) is 5.82 Å². The molecule has 1 fully saturated rings. The first-order valence-electron chi connectivity index (χ1n) is 6.59. The molecule has 0 N–H and O–H groups in total. The van der Waals surface area contributed by atoms with Gasteiger partial charge in [0.15, 0.2) is 0 Å². The molecular weight excluding hydrogens is 369 g/mol. The fourth-order valence-electron chi connectivity index (χ4n) is 2.23. The average molecular weight is 380 g/mol. The lowest BCUT2D eigenvalue weighted by molar-refractivity contribution is -0.121. The Morgan fingerprint density at radius 3 is 2.32 bits per heavy atom. The van der Waals surface area contributed by atoms with Gasteiger partial charge in [-0.05, 0) is 48.5 Å². The lowest BCUT2D eigenvalue weighted by Gasteiger charge is -2.15. The summed E-state index contributed by atoms with van der Waals surface area (Å²) >= 11 is 4.61. The minimum Gasteiger partial charge on any atom is -0.274 e. The van der Waals surface area contributed by atoms with Gasteiger partial charge in [-0.3, -0.25) is 9.59 Å². The normalized spacial score (nSPS) is 18.1. The summed E-state index contributed by atoms with van der Waals surface area (Å²) in [6.45, 7) is 0. The summed E-state index contributed by atoms with van der Waals surface area (Å²) < 4.78 is 13.8. The maximum absolute atomic E-state index is 12.9. The quantitative estimate of drug-likeness (QED) is 0.756. The van der Waals surface area contributed by atoms with Crippen LogP contribution < -0.4 is 4.90 Å². The maximum Gasteiger partial charge on any atom is 0.247 e. The molecule has 1 saturated heterocycles. The second-order valence-corrected chi connectivity index (χ2v) is 7.00. The number of rotatable bonds is 3. The van der Waals surface area contributed by atoms with Crippen molar-refractivity contribution in [2.75, 3.05) is 4.90 Å². The monoisotopic (exact) mass is 379 g/mol. The number of carbonyl (C=O) groups is 2. The van der Waals surface area contributed by atoms with E-state index in [2.05, 4.69) is 15.9 Å². The molecular formula is C16H11BrFNO2S. The zero-order valence-electron chi connectivity index (χ0n) is 11.3. The van der Waals surface area contributed by atoms with Gasteiger partial charge in [-0.1, -0.05) is 15.9 Å². The van der Waals surface area contributed by atoms with Gasteiger partial charge in [0.2, 0.25) is 11.8 Å². The number of benzene rings is 2. The molecule has 2 amide bonds. The molecule has 1 unspecified atom stereocenters. The smallest absolute Gasteiger partial charge is 0.247 e. The number of hydrogen-bond acceptors (Lipinski definition) is 3. The molecule has 1 aliphatic heterocycles. The summed E-state index contributed by atoms with van der Waals surface area (Å²) in [5, 5.41) is -0.471. The number of hydrogen-bond donors (Lipinski definition) is 0. The Balaban J connectivity index is 1.79. The second-order valence-electron chi connectivity index (χ2n) is 4.81. The zero-order chi connectivity index (χ0) is 15.7. The molecule has 2 aromatic carbocycles. The first-order chi connectivity index (χ1) is 10.5. The highest BCUT2D eigenvalue weighted by Gasteiger charge is 2.40. The largest absolute Gasteiger partial charge is 0.274 e. The molecule has 3 rings (SSSR count). The van der Waals surface area contributed by atoms with Crippen molar-refractivity contribution in [1.82, 2.24) is 0 Å². The van der Waals surface area contributed by atoms with Gasteiger partial charge in [0, 0.05) is 15.8 Å². The van der Waals surface area contributed by atoms with Crippen molar-refractivity contribution in [3.8, 4) is 0 Å². The van der Waals surface area contributed by atoms with Crippen molar-refractivity contribution in [3.05, 3.63) is 58.8 Å². The Morgan fingerprint density at radius 1 is 1.05 bits per heavy atom. The number of nitrogens with zero attached hydrogens (tertiary/aromatic N) is 1. The first-order valence-corrected chi connectivity index (χ1v) is 8.26. The van der Waals surface area contributed by atoms with Gasteiger partial charge in [-0.25, -0.2) is 9.29 Å². The van der Waals surface area contributed by atoms with Crippen LogP contribution >= 0.6 is 27.7 Å². The van der Waals surface area contributed by atoms with Crippen LogP contribution in [-0.4, -0.2) is 17.1 Å². The van der Waals surface area contributed by atoms with Crippen molar-refractivity contribution in [1.29, 1.82) is 0 Å². The summed E-state index contributed by atoms with van der Waals surface area (Å²) in [5.41, 5.74) is 0.570. The highest BCUT2D eigenvalue weighted by atomic mass is 79.9. The Bertz CT molecular complexity index is 718. The minimum atomic E-state index is -0.471. The van der Waals surface area contributed by atoms with E-state index in [1.807, 2.05) is 0 Å². The summed E-state index contributed by atoms with van der Waals surface area (Å²) in [6.07, 6.45) is 0.150. The molecule has 0 aliphatic carbocycles. The van der Waals surface area contributed by atoms with Crippen LogP contribution in [-0.2, 0) is 9.59 Å². The highest BCUT2D eigenvalue weighted by Crippen LogP contribution is 2.34. The topological polar surface area (TPSA) is 37.4 Å². The standard InChI is InChI=1S/C16H11BrFNO2S/c17-10-1-5-12(6-2-10)19-15(20)9-14(16(19)21)22-13-7-3-11(18)4-8-13/h1-8,14H,9H2. The Kier molecular flexibility index (Phi) is 4.31. The molecule has 0 aromatic heterocycles. The molecule has 112 valence electrons. The molecule has 0 bridgehead atoms. The van der Waals surface area contributed by atoms with E-state index in [4.69, 9.17) is 0 Å². The lowest BCUT2D eigenvalue weighted by atomic mass is 10.3. The van der Waals surface area contributed by atoms with Crippen LogP contribution in [0.1, 0.15) is 6.42 Å². The van der Waals surface area contributed by atoms with Crippen LogP contribution in [0.5, 0.6) is 0 Å². The molecule has 0 spiro atoms. The molecule has 1 heterocycles. The van der Waals surface area contributed by atoms with Crippen LogP contribution in [0.4, 0.5) is 10.1 Å². The van der Waals surface area contributed by atoms with E-state index < -0.39 is 5.25 Å². The van der Waals surface area contributed by atoms with Crippen molar-refractivity contribution in [3.63, 3.8) is 0 Å². The van der Waals surface area contributed by atoms with E-state index in [1.165, 1.54) is 28.8 Å². The number of carbonyl (C=O) groups excluding carboxylic acids is 2. The molecule has 0 radical (unpaired) electrons. The molecule has 3 nitrogen and oxygen atoms in total. The van der Waals surface area contributed by atoms with E-state index >= 15 is 0 Å². The summed E-state index contributed by atoms with van der Waals surface area (Å²) in [5.74, 6) is -0.775. The third-order valence-corrected chi connectivity index (χ3v) is 5.01. The number of amides is 2. The predicted octanol–water partition coefficient (Wildman–Crippen LogP) is 4.01. The van der Waals surface area contributed by atoms with Crippen molar-refractivity contribution in [2.45, 2.75) is 16.6 Å². The predicted molar refractivity (Wildman–Crippen MR) is 87.3 cm³/mol. The van der Waals surface area contributed by atoms with Crippen LogP contribution in [0.25, 0.3) is 0 Å². The molecule has 6 heteroatoms. The van der Waals surface area contributed by atoms with Crippen LogP contribution in [0.15, 0.2) is 57.9 Å². The summed E-state index contributed by atoms with van der Waals surface area (Å²) in [4.78, 5) is 26.6. The van der Waals surface area contributed by atoms with Gasteiger partial charge in [-0.2, -0.15) is 0 Å². The average Bonchev–Trinajstić information content (AvgIpc) is 2.77. The van der Waals surface area contributed by atoms with E-state index in [0.29, 0.717) is 5.69 Å². The molecule has 22 heavy (non-hydrogen) atoms. The van der Waals surface area contributed by atoms with Crippen LogP contribution in [0.3, 0.4) is 0 Å². The minimum absolute atomic E-state index is 0.150. The van der Waals surface area contributed by atoms with E-state index in [0.717, 1.165) is 9.37 Å². The maximum atomic E-state index is 12.9. The van der Waals surface area contributed by atoms with E-state index in [-0.39, 0.29) is 24.1 Å². The first kappa shape index (κ1) is 15.2. The number of thioether (sulfide) groups is 1. The second kappa shape index (κ2) is 6.22. The fraction of sp³-hybridized carbons (Fsp3) is 0.125. The highest BCUT2D eigenvalue weighted by molar-refractivity contribution is 9.10. The molecule has 0 saturated carbocycles. The van der Waals surface area contributed by atoms with E-state index in [9.17, 15) is 14.0 Å². The van der Waals surface area contributed by atoms with Gasteiger partial charge < -0.3 is 0 Å². The Labute approximate surface area is 139 Å². The van der Waals surface area contributed by atoms with Crippen molar-refractivity contribution < 1.29 is 14.0 Å². The fourth-order valence-corrected chi connectivity index (χ4v) is 3.55. The van der Waals surface area contributed by atoms with Gasteiger partial charge in [0.25, 0.3) is 0 Å². The Morgan fingerprint density at radius 2 is 1.68 bits per heavy atom. The number of imide groups is 1. The third kappa shape index (κ3) is 3.08. The van der Waals surface area contributed by atoms with Gasteiger partial charge in [0.1, 0.15) is 5.82 Å². The number of halogens is 2. The number of anilines is 1. The molecule has 2 aromatic rings.